The van der Waals surface area contributed by atoms with Gasteiger partial charge in [0.25, 0.3) is 0 Å². The topological polar surface area (TPSA) is 115 Å². The lowest BCUT2D eigenvalue weighted by molar-refractivity contribution is -0.629. The van der Waals surface area contributed by atoms with Gasteiger partial charge in [-0.1, -0.05) is 0 Å². The zero-order valence-electron chi connectivity index (χ0n) is 25.3. The Morgan fingerprint density at radius 3 is 2.32 bits per heavy atom. The van der Waals surface area contributed by atoms with Crippen molar-refractivity contribution in [2.45, 2.75) is 51.2 Å². The highest BCUT2D eigenvalue weighted by Gasteiger charge is 3.12. The molecule has 230 valence electrons. The molecular formula is C32H35FN6O5. The molecule has 11 nitrogen and oxygen atoms in total. The van der Waals surface area contributed by atoms with Crippen LogP contribution in [-0.4, -0.2) is 78.2 Å². The van der Waals surface area contributed by atoms with Crippen molar-refractivity contribution in [2.75, 3.05) is 26.8 Å². The molecule has 0 spiro atoms. The summed E-state index contributed by atoms with van der Waals surface area (Å²) in [4.78, 5) is 42.7. The number of imidazole rings is 1. The van der Waals surface area contributed by atoms with Crippen LogP contribution < -0.4 is 5.69 Å². The monoisotopic (exact) mass is 602 g/mol. The summed E-state index contributed by atoms with van der Waals surface area (Å²) in [5.74, 6) is 2.80. The molecule has 3 aromatic rings. The molecule has 0 unspecified atom stereocenters. The van der Waals surface area contributed by atoms with Gasteiger partial charge in [0.05, 0.1) is 35.1 Å². The Kier molecular flexibility index (Phi) is 4.82. The summed E-state index contributed by atoms with van der Waals surface area (Å²) in [6.07, 6.45) is 3.06. The van der Waals surface area contributed by atoms with E-state index in [1.165, 1.54) is 4.90 Å². The molecule has 12 heteroatoms. The van der Waals surface area contributed by atoms with Crippen molar-refractivity contribution < 1.29 is 23.8 Å². The molecule has 0 saturated heterocycles. The number of carbonyl (C=O) groups excluding carboxylic acids is 1. The predicted molar refractivity (Wildman–Crippen MR) is 154 cm³/mol. The molecule has 6 aliphatic carbocycles. The second-order valence-electron chi connectivity index (χ2n) is 13.8. The van der Waals surface area contributed by atoms with Crippen LogP contribution in [0.15, 0.2) is 29.3 Å². The zero-order chi connectivity index (χ0) is 30.8. The summed E-state index contributed by atoms with van der Waals surface area (Å²) in [6, 6.07) is 2.91. The SMILES string of the molecule is COCCN(C(C)=O)C12C3C4C1C1C2C3C41n1ccn(-c2c3c(nn2-c2cc(C)c(F)c(C)c2)CCN(C(=O)O)[C@H]3C)c1=O. The first kappa shape index (κ1) is 26.5. The molecule has 0 radical (unpaired) electrons. The molecule has 7 aliphatic rings. The molecule has 1 N–H and O–H groups in total. The Morgan fingerprint density at radius 1 is 1.11 bits per heavy atom. The highest BCUT2D eigenvalue weighted by molar-refractivity contribution is 5.78. The van der Waals surface area contributed by atoms with Gasteiger partial charge in [-0.3, -0.25) is 13.9 Å². The molecule has 1 aromatic carbocycles. The fourth-order valence-corrected chi connectivity index (χ4v) is 11.4. The maximum Gasteiger partial charge on any atom is 0.407 e. The lowest BCUT2D eigenvalue weighted by Gasteiger charge is -3.11. The maximum atomic E-state index is 14.6. The van der Waals surface area contributed by atoms with Gasteiger partial charge in [-0.25, -0.2) is 18.7 Å². The Hall–Kier alpha value is -3.93. The number of carbonyl (C=O) groups is 2. The van der Waals surface area contributed by atoms with Crippen molar-refractivity contribution in [3.8, 4) is 11.5 Å². The number of methoxy groups -OCH3 is 1. The van der Waals surface area contributed by atoms with E-state index in [1.807, 2.05) is 17.7 Å². The van der Waals surface area contributed by atoms with Crippen LogP contribution in [0.3, 0.4) is 0 Å². The number of benzene rings is 1. The zero-order valence-corrected chi connectivity index (χ0v) is 25.3. The van der Waals surface area contributed by atoms with E-state index >= 15 is 0 Å². The van der Waals surface area contributed by atoms with E-state index in [4.69, 9.17) is 9.84 Å². The summed E-state index contributed by atoms with van der Waals surface area (Å²) >= 11 is 0. The van der Waals surface area contributed by atoms with E-state index < -0.39 is 12.1 Å². The van der Waals surface area contributed by atoms with Crippen LogP contribution >= 0.6 is 0 Å². The number of ether oxygens (including phenoxy) is 1. The Morgan fingerprint density at radius 2 is 1.75 bits per heavy atom. The van der Waals surface area contributed by atoms with Gasteiger partial charge in [0.15, 0.2) is 0 Å². The second-order valence-corrected chi connectivity index (χ2v) is 13.8. The number of amides is 2. The quantitative estimate of drug-likeness (QED) is 0.445. The van der Waals surface area contributed by atoms with Crippen LogP contribution in [0.1, 0.15) is 42.3 Å². The lowest BCUT2D eigenvalue weighted by atomic mass is 8.95. The fraction of sp³-hybridized carbons (Fsp3) is 0.562. The van der Waals surface area contributed by atoms with E-state index in [1.54, 1.807) is 55.5 Å². The van der Waals surface area contributed by atoms with E-state index in [0.29, 0.717) is 89.8 Å². The third kappa shape index (κ3) is 2.45. The largest absolute Gasteiger partial charge is 0.465 e. The average molecular weight is 603 g/mol. The first-order valence-electron chi connectivity index (χ1n) is 15.5. The number of hydrogen-bond donors (Lipinski definition) is 1. The third-order valence-corrected chi connectivity index (χ3v) is 12.7. The van der Waals surface area contributed by atoms with Crippen molar-refractivity contribution in [1.29, 1.82) is 0 Å². The first-order chi connectivity index (χ1) is 21.0. The summed E-state index contributed by atoms with van der Waals surface area (Å²) in [6.45, 7) is 8.31. The highest BCUT2D eigenvalue weighted by atomic mass is 19.1. The first-order valence-corrected chi connectivity index (χ1v) is 15.5. The van der Waals surface area contributed by atoms with E-state index in [-0.39, 0.29) is 28.5 Å². The highest BCUT2D eigenvalue weighted by Crippen LogP contribution is 3.06. The molecule has 10 rings (SSSR count). The molecule has 2 aromatic heterocycles. The van der Waals surface area contributed by atoms with Crippen LogP contribution in [0.25, 0.3) is 11.5 Å². The minimum absolute atomic E-state index is 0.0377. The van der Waals surface area contributed by atoms with Gasteiger partial charge >= 0.3 is 11.8 Å². The van der Waals surface area contributed by atoms with Crippen molar-refractivity contribution in [1.82, 2.24) is 28.7 Å². The van der Waals surface area contributed by atoms with Crippen molar-refractivity contribution in [2.24, 2.45) is 35.5 Å². The second kappa shape index (κ2) is 8.01. The maximum absolute atomic E-state index is 14.6. The number of halogens is 1. The van der Waals surface area contributed by atoms with Gasteiger partial charge in [0, 0.05) is 51.5 Å². The normalized spacial score (nSPS) is 35.9. The average Bonchev–Trinajstić information content (AvgIpc) is 3.56. The smallest absolute Gasteiger partial charge is 0.407 e. The standard InChI is InChI=1S/C32H35FN6O5/c1-14-12-18(13-15(2)27(14)33)39-28(20-16(3)35(30(42)43)7-6-19(20)34-39)36-8-9-38(29(36)41)32-24-21-25(32)23-26(32)22(24)31(21,23)37(17(4)40)10-11-44-5/h8-9,12-13,16,21-26H,6-7,10-11H2,1-5H3,(H,42,43)/t16-,21?,22?,23?,24?,25?,26?,31?,32?/m0/s1. The van der Waals surface area contributed by atoms with E-state index in [0.717, 1.165) is 5.69 Å². The molecule has 44 heavy (non-hydrogen) atoms. The number of aryl methyl sites for hydroxylation is 2. The minimum Gasteiger partial charge on any atom is -0.465 e. The van der Waals surface area contributed by atoms with Crippen LogP contribution in [-0.2, 0) is 21.5 Å². The molecule has 6 saturated carbocycles. The number of carboxylic acid groups (broad SMARTS) is 1. The molecule has 0 bridgehead atoms. The van der Waals surface area contributed by atoms with Gasteiger partial charge in [0.2, 0.25) is 5.91 Å². The molecule has 1 aliphatic heterocycles. The molecule has 3 heterocycles. The number of nitrogens with zero attached hydrogens (tertiary/aromatic N) is 6. The van der Waals surface area contributed by atoms with Gasteiger partial charge < -0.3 is 19.6 Å². The van der Waals surface area contributed by atoms with Crippen molar-refractivity contribution >= 4 is 12.0 Å². The molecule has 6 fully saturated rings. The van der Waals surface area contributed by atoms with E-state index in [2.05, 4.69) is 4.90 Å². The Bertz CT molecular complexity index is 1810. The Balaban J connectivity index is 1.13. The van der Waals surface area contributed by atoms with Crippen LogP contribution in [0.5, 0.6) is 0 Å². The molecule has 1 atom stereocenters. The van der Waals surface area contributed by atoms with Crippen molar-refractivity contribution in [3.05, 3.63) is 63.2 Å². The summed E-state index contributed by atoms with van der Waals surface area (Å²) in [5.41, 5.74) is 2.59. The number of hydrogen-bond acceptors (Lipinski definition) is 5. The van der Waals surface area contributed by atoms with E-state index in [9.17, 15) is 23.9 Å². The molecule has 2 amide bonds. The van der Waals surface area contributed by atoms with Gasteiger partial charge in [0.1, 0.15) is 11.6 Å². The molecular weight excluding hydrogens is 567 g/mol. The number of rotatable bonds is 7. The van der Waals surface area contributed by atoms with Crippen molar-refractivity contribution in [3.63, 3.8) is 0 Å². The van der Waals surface area contributed by atoms with Crippen LogP contribution in [0, 0.1) is 55.2 Å². The lowest BCUT2D eigenvalue weighted by Crippen LogP contribution is -3.17. The Labute approximate surface area is 252 Å². The predicted octanol–water partition coefficient (Wildman–Crippen LogP) is 2.87. The fourth-order valence-electron chi connectivity index (χ4n) is 11.4. The summed E-state index contributed by atoms with van der Waals surface area (Å²) < 4.78 is 25.2. The number of aromatic nitrogens is 4. The van der Waals surface area contributed by atoms with Gasteiger partial charge in [-0.05, 0) is 79.5 Å². The minimum atomic E-state index is -1.02. The van der Waals surface area contributed by atoms with Gasteiger partial charge in [-0.2, -0.15) is 5.10 Å². The van der Waals surface area contributed by atoms with Crippen LogP contribution in [0.4, 0.5) is 9.18 Å². The summed E-state index contributed by atoms with van der Waals surface area (Å²) in [5, 5.41) is 14.8. The summed E-state index contributed by atoms with van der Waals surface area (Å²) in [7, 11) is 1.66. The van der Waals surface area contributed by atoms with Gasteiger partial charge in [-0.15, -0.1) is 0 Å². The third-order valence-electron chi connectivity index (χ3n) is 12.7. The number of fused-ring (bicyclic) bond motifs is 1. The van der Waals surface area contributed by atoms with Crippen LogP contribution in [0.2, 0.25) is 0 Å².